The van der Waals surface area contributed by atoms with Crippen molar-refractivity contribution in [2.24, 2.45) is 28.6 Å². The maximum absolute atomic E-state index is 12.7. The quantitative estimate of drug-likeness (QED) is 0.735. The average molecular weight is 264 g/mol. The third-order valence-corrected chi connectivity index (χ3v) is 6.31. The number of allylic oxidation sites excluding steroid dienone is 1. The van der Waals surface area contributed by atoms with Gasteiger partial charge in [0, 0.05) is 11.3 Å². The van der Waals surface area contributed by atoms with Gasteiger partial charge in [-0.3, -0.25) is 4.79 Å². The van der Waals surface area contributed by atoms with E-state index in [0.717, 1.165) is 19.3 Å². The van der Waals surface area contributed by atoms with E-state index >= 15 is 0 Å². The highest BCUT2D eigenvalue weighted by molar-refractivity contribution is 5.88. The standard InChI is InChI=1S/C17H28O2/c1-6-16(4)10-14(18)17(5)9-13(8-7-11(17)2)12(3)15(16)19/h6,11-14,18H,1,7-10H2,2-5H3/t11?,12-,13+,14-,16-,17+/m1/s1. The Balaban J connectivity index is 2.43. The highest BCUT2D eigenvalue weighted by atomic mass is 16.3. The lowest BCUT2D eigenvalue weighted by molar-refractivity contribution is -0.143. The molecule has 0 saturated heterocycles. The second-order valence-electron chi connectivity index (χ2n) is 7.44. The minimum absolute atomic E-state index is 0.0534. The average Bonchev–Trinajstić information content (AvgIpc) is 2.39. The SMILES string of the molecule is C=C[C@]1(C)C[C@@H](O)[C@@]2(C)C[C@H](CCC2C)[C@@H](C)C1=O. The first-order valence-electron chi connectivity index (χ1n) is 7.60. The van der Waals surface area contributed by atoms with E-state index in [9.17, 15) is 9.90 Å². The second-order valence-corrected chi connectivity index (χ2v) is 7.44. The van der Waals surface area contributed by atoms with Crippen LogP contribution in [0.1, 0.15) is 53.4 Å². The Kier molecular flexibility index (Phi) is 3.68. The van der Waals surface area contributed by atoms with Crippen LogP contribution < -0.4 is 0 Å². The van der Waals surface area contributed by atoms with Gasteiger partial charge in [0.15, 0.2) is 0 Å². The van der Waals surface area contributed by atoms with E-state index in [2.05, 4.69) is 27.4 Å². The highest BCUT2D eigenvalue weighted by Crippen LogP contribution is 2.53. The van der Waals surface area contributed by atoms with Gasteiger partial charge in [-0.25, -0.2) is 0 Å². The van der Waals surface area contributed by atoms with Crippen LogP contribution in [0.4, 0.5) is 0 Å². The monoisotopic (exact) mass is 264 g/mol. The van der Waals surface area contributed by atoms with Crippen LogP contribution in [0.15, 0.2) is 12.7 Å². The number of aliphatic hydroxyl groups excluding tert-OH is 1. The maximum Gasteiger partial charge on any atom is 0.145 e. The van der Waals surface area contributed by atoms with Crippen LogP contribution in [0.5, 0.6) is 0 Å². The molecule has 2 saturated carbocycles. The molecule has 0 aromatic heterocycles. The van der Waals surface area contributed by atoms with Gasteiger partial charge in [0.05, 0.1) is 6.10 Å². The lowest BCUT2D eigenvalue weighted by atomic mass is 9.54. The van der Waals surface area contributed by atoms with Gasteiger partial charge in [-0.15, -0.1) is 6.58 Å². The van der Waals surface area contributed by atoms with E-state index in [1.54, 1.807) is 6.08 Å². The molecule has 0 heterocycles. The summed E-state index contributed by atoms with van der Waals surface area (Å²) in [6, 6.07) is 0. The van der Waals surface area contributed by atoms with Gasteiger partial charge in [-0.2, -0.15) is 0 Å². The van der Waals surface area contributed by atoms with E-state index < -0.39 is 11.5 Å². The molecule has 2 nitrogen and oxygen atoms in total. The van der Waals surface area contributed by atoms with Gasteiger partial charge in [0.1, 0.15) is 5.78 Å². The molecule has 0 amide bonds. The number of carbonyl (C=O) groups excluding carboxylic acids is 1. The third kappa shape index (κ3) is 2.18. The molecule has 0 spiro atoms. The van der Waals surface area contributed by atoms with Crippen molar-refractivity contribution in [2.75, 3.05) is 0 Å². The molecule has 108 valence electrons. The summed E-state index contributed by atoms with van der Waals surface area (Å²) in [6.07, 6.45) is 5.08. The summed E-state index contributed by atoms with van der Waals surface area (Å²) >= 11 is 0. The summed E-state index contributed by atoms with van der Waals surface area (Å²) < 4.78 is 0. The third-order valence-electron chi connectivity index (χ3n) is 6.31. The predicted molar refractivity (Wildman–Crippen MR) is 77.7 cm³/mol. The molecule has 19 heavy (non-hydrogen) atoms. The van der Waals surface area contributed by atoms with Crippen molar-refractivity contribution in [3.63, 3.8) is 0 Å². The van der Waals surface area contributed by atoms with Crippen LogP contribution in [-0.4, -0.2) is 17.0 Å². The van der Waals surface area contributed by atoms with Crippen LogP contribution in [0.25, 0.3) is 0 Å². The Morgan fingerprint density at radius 3 is 2.47 bits per heavy atom. The largest absolute Gasteiger partial charge is 0.393 e. The smallest absolute Gasteiger partial charge is 0.145 e. The number of rotatable bonds is 1. The molecule has 2 rings (SSSR count). The van der Waals surface area contributed by atoms with Crippen LogP contribution in [0, 0.1) is 28.6 Å². The zero-order valence-electron chi connectivity index (χ0n) is 12.8. The molecule has 0 aromatic rings. The fourth-order valence-corrected chi connectivity index (χ4v) is 4.21. The van der Waals surface area contributed by atoms with Crippen molar-refractivity contribution in [1.82, 2.24) is 0 Å². The van der Waals surface area contributed by atoms with Crippen molar-refractivity contribution >= 4 is 5.78 Å². The fourth-order valence-electron chi connectivity index (χ4n) is 4.21. The van der Waals surface area contributed by atoms with E-state index in [1.807, 2.05) is 6.92 Å². The second kappa shape index (κ2) is 4.73. The summed E-state index contributed by atoms with van der Waals surface area (Å²) in [4.78, 5) is 12.7. The predicted octanol–water partition coefficient (Wildman–Crippen LogP) is 3.59. The number of fused-ring (bicyclic) bond motifs is 2. The minimum Gasteiger partial charge on any atom is -0.393 e. The van der Waals surface area contributed by atoms with Crippen LogP contribution >= 0.6 is 0 Å². The van der Waals surface area contributed by atoms with Crippen molar-refractivity contribution in [2.45, 2.75) is 59.5 Å². The fraction of sp³-hybridized carbons (Fsp3) is 0.824. The summed E-state index contributed by atoms with van der Waals surface area (Å²) in [5.41, 5.74) is -0.627. The van der Waals surface area contributed by atoms with Gasteiger partial charge in [0.25, 0.3) is 0 Å². The molecule has 6 atom stereocenters. The molecule has 0 radical (unpaired) electrons. The van der Waals surface area contributed by atoms with Gasteiger partial charge >= 0.3 is 0 Å². The Hall–Kier alpha value is -0.630. The molecule has 2 bridgehead atoms. The first-order valence-corrected chi connectivity index (χ1v) is 7.60. The van der Waals surface area contributed by atoms with E-state index in [4.69, 9.17) is 0 Å². The highest BCUT2D eigenvalue weighted by Gasteiger charge is 2.51. The molecule has 2 aliphatic carbocycles. The summed E-state index contributed by atoms with van der Waals surface area (Å²) in [7, 11) is 0. The number of ketones is 1. The summed E-state index contributed by atoms with van der Waals surface area (Å²) in [6.45, 7) is 12.3. The van der Waals surface area contributed by atoms with E-state index in [0.29, 0.717) is 18.3 Å². The molecule has 0 aliphatic heterocycles. The Bertz CT molecular complexity index is 389. The first kappa shape index (κ1) is 14.8. The number of hydrogen-bond donors (Lipinski definition) is 1. The van der Waals surface area contributed by atoms with E-state index in [1.165, 1.54) is 0 Å². The van der Waals surface area contributed by atoms with Crippen molar-refractivity contribution in [3.05, 3.63) is 12.7 Å². The zero-order chi connectivity index (χ0) is 14.4. The molecular weight excluding hydrogens is 236 g/mol. The van der Waals surface area contributed by atoms with Gasteiger partial charge < -0.3 is 5.11 Å². The summed E-state index contributed by atoms with van der Waals surface area (Å²) in [5, 5.41) is 10.7. The number of aliphatic hydroxyl groups is 1. The Morgan fingerprint density at radius 1 is 1.26 bits per heavy atom. The van der Waals surface area contributed by atoms with Crippen molar-refractivity contribution < 1.29 is 9.90 Å². The molecule has 2 aliphatic rings. The van der Waals surface area contributed by atoms with Gasteiger partial charge in [-0.1, -0.05) is 26.8 Å². The normalized spacial score (nSPS) is 51.3. The molecule has 1 unspecified atom stereocenters. The molecule has 2 fully saturated rings. The van der Waals surface area contributed by atoms with Crippen molar-refractivity contribution in [1.29, 1.82) is 0 Å². The van der Waals surface area contributed by atoms with Crippen LogP contribution in [0.3, 0.4) is 0 Å². The number of carbonyl (C=O) groups is 1. The van der Waals surface area contributed by atoms with Gasteiger partial charge in [-0.05, 0) is 49.9 Å². The van der Waals surface area contributed by atoms with E-state index in [-0.39, 0.29) is 17.1 Å². The molecular formula is C17H28O2. The molecule has 0 aromatic carbocycles. The van der Waals surface area contributed by atoms with Gasteiger partial charge in [0.2, 0.25) is 0 Å². The lowest BCUT2D eigenvalue weighted by Crippen LogP contribution is -2.51. The Morgan fingerprint density at radius 2 is 1.89 bits per heavy atom. The minimum atomic E-state index is -0.574. The zero-order valence-corrected chi connectivity index (χ0v) is 12.8. The van der Waals surface area contributed by atoms with Crippen LogP contribution in [-0.2, 0) is 4.79 Å². The first-order chi connectivity index (χ1) is 8.74. The topological polar surface area (TPSA) is 37.3 Å². The van der Waals surface area contributed by atoms with Crippen molar-refractivity contribution in [3.8, 4) is 0 Å². The molecule has 1 N–H and O–H groups in total. The summed E-state index contributed by atoms with van der Waals surface area (Å²) in [5.74, 6) is 1.29. The maximum atomic E-state index is 12.7. The Labute approximate surface area is 117 Å². The number of hydrogen-bond acceptors (Lipinski definition) is 2. The van der Waals surface area contributed by atoms with Crippen LogP contribution in [0.2, 0.25) is 0 Å². The number of Topliss-reactive ketones (excluding diaryl/α,β-unsaturated/α-hetero) is 1. The lowest BCUT2D eigenvalue weighted by Gasteiger charge is -2.51. The molecule has 2 heteroatoms.